The maximum Gasteiger partial charge on any atom is 0.131 e. The van der Waals surface area contributed by atoms with Crippen molar-refractivity contribution in [2.75, 3.05) is 26.2 Å². The highest BCUT2D eigenvalue weighted by molar-refractivity contribution is 6.22. The van der Waals surface area contributed by atoms with Crippen LogP contribution in [0.15, 0.2) is 22.1 Å². The van der Waals surface area contributed by atoms with Gasteiger partial charge < -0.3 is 10.6 Å². The Bertz CT molecular complexity index is 378. The molecule has 2 N–H and O–H groups in total. The van der Waals surface area contributed by atoms with E-state index in [0.717, 1.165) is 43.4 Å². The molecular formula is C14H24N4. The molecule has 0 bridgehead atoms. The van der Waals surface area contributed by atoms with E-state index in [-0.39, 0.29) is 10.8 Å². The van der Waals surface area contributed by atoms with Gasteiger partial charge in [-0.2, -0.15) is 0 Å². The van der Waals surface area contributed by atoms with Crippen molar-refractivity contribution in [1.29, 1.82) is 0 Å². The van der Waals surface area contributed by atoms with Gasteiger partial charge in [-0.15, -0.1) is 0 Å². The van der Waals surface area contributed by atoms with E-state index >= 15 is 0 Å². The fourth-order valence-corrected chi connectivity index (χ4v) is 1.97. The minimum absolute atomic E-state index is 0.230. The fraction of sp³-hybridized carbons (Fsp3) is 0.714. The normalized spacial score (nSPS) is 25.3. The number of amidine groups is 2. The number of hydrogen-bond acceptors (Lipinski definition) is 4. The van der Waals surface area contributed by atoms with Crippen molar-refractivity contribution < 1.29 is 0 Å². The lowest BCUT2D eigenvalue weighted by Gasteiger charge is -2.32. The monoisotopic (exact) mass is 248 g/mol. The summed E-state index contributed by atoms with van der Waals surface area (Å²) in [5.41, 5.74) is 1.35. The lowest BCUT2D eigenvalue weighted by atomic mass is 9.91. The third-order valence-corrected chi connectivity index (χ3v) is 3.37. The van der Waals surface area contributed by atoms with E-state index in [4.69, 9.17) is 0 Å². The minimum Gasteiger partial charge on any atom is -0.369 e. The van der Waals surface area contributed by atoms with Crippen LogP contribution in [-0.4, -0.2) is 37.9 Å². The summed E-state index contributed by atoms with van der Waals surface area (Å²) in [4.78, 5) is 9.16. The van der Waals surface area contributed by atoms with Crippen molar-refractivity contribution in [3.05, 3.63) is 12.2 Å². The van der Waals surface area contributed by atoms with Gasteiger partial charge in [0, 0.05) is 37.0 Å². The number of hydrogen-bond donors (Lipinski definition) is 2. The van der Waals surface area contributed by atoms with Crippen LogP contribution >= 0.6 is 0 Å². The summed E-state index contributed by atoms with van der Waals surface area (Å²) in [6, 6.07) is 0. The van der Waals surface area contributed by atoms with E-state index in [1.807, 2.05) is 0 Å². The Labute approximate surface area is 110 Å². The summed E-state index contributed by atoms with van der Waals surface area (Å²) >= 11 is 0. The van der Waals surface area contributed by atoms with Crippen LogP contribution < -0.4 is 10.6 Å². The highest BCUT2D eigenvalue weighted by Gasteiger charge is 2.27. The summed E-state index contributed by atoms with van der Waals surface area (Å²) in [7, 11) is 0. The molecule has 2 aliphatic rings. The molecule has 4 heteroatoms. The average molecular weight is 248 g/mol. The first-order chi connectivity index (χ1) is 8.29. The first kappa shape index (κ1) is 13.1. The van der Waals surface area contributed by atoms with Gasteiger partial charge in [0.15, 0.2) is 0 Å². The van der Waals surface area contributed by atoms with Gasteiger partial charge in [0.25, 0.3) is 0 Å². The number of nitrogens with one attached hydrogen (secondary N) is 2. The Kier molecular flexibility index (Phi) is 3.21. The maximum absolute atomic E-state index is 4.58. The number of nitrogens with zero attached hydrogens (tertiary/aromatic N) is 2. The first-order valence-electron chi connectivity index (χ1n) is 6.55. The van der Waals surface area contributed by atoms with E-state index in [2.05, 4.69) is 54.9 Å². The average Bonchev–Trinajstić information content (AvgIpc) is 2.28. The molecule has 0 aromatic rings. The molecule has 2 rings (SSSR count). The second kappa shape index (κ2) is 4.41. The topological polar surface area (TPSA) is 48.8 Å². The quantitative estimate of drug-likeness (QED) is 0.780. The predicted molar refractivity (Wildman–Crippen MR) is 77.3 cm³/mol. The summed E-state index contributed by atoms with van der Waals surface area (Å²) in [6.07, 6.45) is 0. The van der Waals surface area contributed by atoms with Gasteiger partial charge in [-0.1, -0.05) is 34.3 Å². The van der Waals surface area contributed by atoms with Gasteiger partial charge in [-0.3, -0.25) is 9.98 Å². The molecular weight excluding hydrogens is 224 g/mol. The van der Waals surface area contributed by atoms with Gasteiger partial charge in [-0.05, 0) is 0 Å². The molecule has 0 amide bonds. The van der Waals surface area contributed by atoms with Crippen LogP contribution in [0.1, 0.15) is 27.7 Å². The standard InChI is InChI=1S/C14H24N4/c1-10(11-15-6-13(2,3)7-16-11)12-17-8-14(4,5)9-18-12/h1,6-9H2,2-5H3,(H,15,16)(H,17,18). The molecule has 18 heavy (non-hydrogen) atoms. The Morgan fingerprint density at radius 1 is 0.944 bits per heavy atom. The van der Waals surface area contributed by atoms with Gasteiger partial charge in [0.1, 0.15) is 11.7 Å². The lowest BCUT2D eigenvalue weighted by molar-refractivity contribution is 0.360. The van der Waals surface area contributed by atoms with Crippen LogP contribution in [0, 0.1) is 10.8 Å². The third kappa shape index (κ3) is 2.92. The summed E-state index contributed by atoms with van der Waals surface area (Å²) in [5.74, 6) is 1.78. The van der Waals surface area contributed by atoms with Gasteiger partial charge in [0.2, 0.25) is 0 Å². The van der Waals surface area contributed by atoms with Gasteiger partial charge in [-0.25, -0.2) is 0 Å². The molecule has 0 aromatic heterocycles. The molecule has 0 fully saturated rings. The van der Waals surface area contributed by atoms with Crippen LogP contribution in [0.3, 0.4) is 0 Å². The van der Waals surface area contributed by atoms with E-state index in [1.165, 1.54) is 0 Å². The Morgan fingerprint density at radius 3 is 1.61 bits per heavy atom. The van der Waals surface area contributed by atoms with Crippen molar-refractivity contribution in [2.24, 2.45) is 20.8 Å². The van der Waals surface area contributed by atoms with Crippen molar-refractivity contribution in [3.8, 4) is 0 Å². The second-order valence-electron chi connectivity index (χ2n) is 6.84. The molecule has 0 aliphatic carbocycles. The first-order valence-corrected chi connectivity index (χ1v) is 6.55. The van der Waals surface area contributed by atoms with Crippen molar-refractivity contribution in [1.82, 2.24) is 10.6 Å². The lowest BCUT2D eigenvalue weighted by Crippen LogP contribution is -2.47. The predicted octanol–water partition coefficient (Wildman–Crippen LogP) is 1.60. The molecule has 0 aromatic carbocycles. The largest absolute Gasteiger partial charge is 0.369 e. The molecule has 0 radical (unpaired) electrons. The van der Waals surface area contributed by atoms with Crippen LogP contribution in [-0.2, 0) is 0 Å². The molecule has 0 saturated heterocycles. The molecule has 2 aliphatic heterocycles. The zero-order valence-electron chi connectivity index (χ0n) is 11.9. The number of rotatable bonds is 2. The van der Waals surface area contributed by atoms with Crippen molar-refractivity contribution in [3.63, 3.8) is 0 Å². The van der Waals surface area contributed by atoms with E-state index < -0.39 is 0 Å². The molecule has 4 nitrogen and oxygen atoms in total. The van der Waals surface area contributed by atoms with E-state index in [0.29, 0.717) is 0 Å². The highest BCUT2D eigenvalue weighted by Crippen LogP contribution is 2.20. The second-order valence-corrected chi connectivity index (χ2v) is 6.84. The Morgan fingerprint density at radius 2 is 1.33 bits per heavy atom. The third-order valence-electron chi connectivity index (χ3n) is 3.37. The molecule has 2 heterocycles. The van der Waals surface area contributed by atoms with Crippen LogP contribution in [0.5, 0.6) is 0 Å². The van der Waals surface area contributed by atoms with Gasteiger partial charge in [0.05, 0.1) is 5.57 Å². The molecule has 0 atom stereocenters. The highest BCUT2D eigenvalue weighted by atomic mass is 15.1. The van der Waals surface area contributed by atoms with Crippen molar-refractivity contribution in [2.45, 2.75) is 27.7 Å². The van der Waals surface area contributed by atoms with E-state index in [1.54, 1.807) is 0 Å². The fourth-order valence-electron chi connectivity index (χ4n) is 1.97. The molecule has 0 unspecified atom stereocenters. The smallest absolute Gasteiger partial charge is 0.131 e. The minimum atomic E-state index is 0.230. The van der Waals surface area contributed by atoms with Crippen LogP contribution in [0.2, 0.25) is 0 Å². The Balaban J connectivity index is 2.06. The van der Waals surface area contributed by atoms with E-state index in [9.17, 15) is 0 Å². The molecule has 0 saturated carbocycles. The Hall–Kier alpha value is -1.32. The molecule has 0 spiro atoms. The summed E-state index contributed by atoms with van der Waals surface area (Å²) in [6.45, 7) is 16.5. The SMILES string of the molecule is C=C(C1=NCC(C)(C)CN1)C1=NCC(C)(C)CN1. The van der Waals surface area contributed by atoms with Gasteiger partial charge >= 0.3 is 0 Å². The van der Waals surface area contributed by atoms with Crippen molar-refractivity contribution >= 4 is 11.7 Å². The zero-order valence-corrected chi connectivity index (χ0v) is 11.9. The summed E-state index contributed by atoms with van der Waals surface area (Å²) < 4.78 is 0. The molecule has 100 valence electrons. The number of aliphatic imine (C=N–C) groups is 2. The maximum atomic E-state index is 4.58. The van der Waals surface area contributed by atoms with Crippen LogP contribution in [0.25, 0.3) is 0 Å². The zero-order chi connectivity index (χ0) is 13.4. The van der Waals surface area contributed by atoms with Crippen LogP contribution in [0.4, 0.5) is 0 Å². The summed E-state index contributed by atoms with van der Waals surface area (Å²) in [5, 5.41) is 6.71.